The number of nitrogens with zero attached hydrogens (tertiary/aromatic N) is 2. The van der Waals surface area contributed by atoms with E-state index in [2.05, 4.69) is 25.8 Å². The van der Waals surface area contributed by atoms with Crippen molar-refractivity contribution in [3.8, 4) is 5.75 Å². The van der Waals surface area contributed by atoms with Crippen LogP contribution < -0.4 is 25.9 Å². The summed E-state index contributed by atoms with van der Waals surface area (Å²) in [5, 5.41) is 14.9. The molecule has 1 aliphatic carbocycles. The number of rotatable bonds is 6. The van der Waals surface area contributed by atoms with Gasteiger partial charge in [0.2, 0.25) is 0 Å². The number of aromatic amines is 1. The summed E-state index contributed by atoms with van der Waals surface area (Å²) >= 11 is 0. The highest BCUT2D eigenvalue weighted by Gasteiger charge is 2.26. The summed E-state index contributed by atoms with van der Waals surface area (Å²) in [6.45, 7) is 1.23. The Morgan fingerprint density at radius 3 is 3.04 bits per heavy atom. The SMILES string of the molecule is COc1ccc2c(c1)=C(CCNC(=O)Nc1cc(C3CC3)n[nH]1)CN=2. The Morgan fingerprint density at radius 2 is 2.24 bits per heavy atom. The zero-order valence-corrected chi connectivity index (χ0v) is 14.1. The van der Waals surface area contributed by atoms with Crippen molar-refractivity contribution in [2.45, 2.75) is 25.2 Å². The summed E-state index contributed by atoms with van der Waals surface area (Å²) in [5.74, 6) is 2.03. The van der Waals surface area contributed by atoms with E-state index >= 15 is 0 Å². The van der Waals surface area contributed by atoms with Gasteiger partial charge in [0.25, 0.3) is 0 Å². The smallest absolute Gasteiger partial charge is 0.320 e. The molecule has 4 rings (SSSR count). The molecule has 0 saturated heterocycles. The monoisotopic (exact) mass is 339 g/mol. The summed E-state index contributed by atoms with van der Waals surface area (Å²) < 4.78 is 5.28. The van der Waals surface area contributed by atoms with Gasteiger partial charge < -0.3 is 10.1 Å². The lowest BCUT2D eigenvalue weighted by Crippen LogP contribution is -2.30. The van der Waals surface area contributed by atoms with Gasteiger partial charge in [-0.3, -0.25) is 15.4 Å². The molecule has 0 unspecified atom stereocenters. The van der Waals surface area contributed by atoms with Crippen molar-refractivity contribution in [3.63, 3.8) is 0 Å². The number of amides is 2. The normalized spacial score (nSPS) is 15.5. The van der Waals surface area contributed by atoms with Gasteiger partial charge in [0.05, 0.1) is 24.7 Å². The van der Waals surface area contributed by atoms with Crippen molar-refractivity contribution >= 4 is 17.4 Å². The summed E-state index contributed by atoms with van der Waals surface area (Å²) in [6, 6.07) is 7.57. The second-order valence-electron chi connectivity index (χ2n) is 6.41. The fourth-order valence-electron chi connectivity index (χ4n) is 3.03. The number of carbonyl (C=O) groups is 1. The van der Waals surface area contributed by atoms with Crippen LogP contribution in [-0.2, 0) is 0 Å². The minimum Gasteiger partial charge on any atom is -0.497 e. The van der Waals surface area contributed by atoms with E-state index < -0.39 is 0 Å². The fraction of sp³-hybridized carbons (Fsp3) is 0.389. The summed E-state index contributed by atoms with van der Waals surface area (Å²) in [4.78, 5) is 16.5. The molecule has 3 N–H and O–H groups in total. The molecule has 25 heavy (non-hydrogen) atoms. The van der Waals surface area contributed by atoms with E-state index in [-0.39, 0.29) is 6.03 Å². The second-order valence-corrected chi connectivity index (χ2v) is 6.41. The van der Waals surface area contributed by atoms with Gasteiger partial charge >= 0.3 is 6.03 Å². The predicted molar refractivity (Wildman–Crippen MR) is 94.3 cm³/mol. The molecule has 0 spiro atoms. The Kier molecular flexibility index (Phi) is 4.13. The Bertz CT molecular complexity index is 914. The zero-order valence-electron chi connectivity index (χ0n) is 14.1. The fourth-order valence-corrected chi connectivity index (χ4v) is 3.03. The maximum Gasteiger partial charge on any atom is 0.320 e. The molecule has 0 atom stereocenters. The Morgan fingerprint density at radius 1 is 1.36 bits per heavy atom. The topological polar surface area (TPSA) is 91.4 Å². The van der Waals surface area contributed by atoms with E-state index in [0.717, 1.165) is 28.4 Å². The molecule has 0 bridgehead atoms. The van der Waals surface area contributed by atoms with Gasteiger partial charge in [-0.1, -0.05) is 0 Å². The number of nitrogens with one attached hydrogen (secondary N) is 3. The number of anilines is 1. The predicted octanol–water partition coefficient (Wildman–Crippen LogP) is 1.29. The summed E-state index contributed by atoms with van der Waals surface area (Å²) in [5.41, 5.74) is 2.25. The van der Waals surface area contributed by atoms with Crippen molar-refractivity contribution in [2.75, 3.05) is 25.5 Å². The molecule has 130 valence electrons. The first-order valence-corrected chi connectivity index (χ1v) is 8.53. The number of ether oxygens (including phenoxy) is 1. The number of carbonyl (C=O) groups excluding carboxylic acids is 1. The van der Waals surface area contributed by atoms with Crippen LogP contribution in [0.5, 0.6) is 5.75 Å². The van der Waals surface area contributed by atoms with Gasteiger partial charge in [0, 0.05) is 23.7 Å². The van der Waals surface area contributed by atoms with Crippen molar-refractivity contribution in [2.24, 2.45) is 4.99 Å². The highest BCUT2D eigenvalue weighted by Crippen LogP contribution is 2.39. The van der Waals surface area contributed by atoms with Gasteiger partial charge in [-0.2, -0.15) is 5.10 Å². The number of benzene rings is 1. The molecular formula is C18H21N5O2. The third kappa shape index (κ3) is 3.50. The first kappa shape index (κ1) is 15.7. The Labute approximate surface area is 145 Å². The molecule has 2 heterocycles. The number of hydrogen-bond donors (Lipinski definition) is 3. The number of fused-ring (bicyclic) bond motifs is 1. The minimum atomic E-state index is -0.229. The van der Waals surface area contributed by atoms with Crippen LogP contribution in [0.2, 0.25) is 0 Å². The molecule has 1 aromatic heterocycles. The largest absolute Gasteiger partial charge is 0.497 e. The van der Waals surface area contributed by atoms with Gasteiger partial charge in [-0.05, 0) is 43.0 Å². The van der Waals surface area contributed by atoms with Crippen LogP contribution >= 0.6 is 0 Å². The number of methoxy groups -OCH3 is 1. The molecule has 2 aromatic rings. The molecule has 2 amide bonds. The van der Waals surface area contributed by atoms with E-state index in [4.69, 9.17) is 4.74 Å². The van der Waals surface area contributed by atoms with Crippen LogP contribution in [0, 0.1) is 0 Å². The Hall–Kier alpha value is -2.83. The number of aromatic nitrogens is 2. The molecule has 1 fully saturated rings. The molecular weight excluding hydrogens is 318 g/mol. The first-order chi connectivity index (χ1) is 12.2. The van der Waals surface area contributed by atoms with E-state index in [9.17, 15) is 4.79 Å². The van der Waals surface area contributed by atoms with Crippen LogP contribution in [0.25, 0.3) is 5.57 Å². The molecule has 1 aliphatic heterocycles. The van der Waals surface area contributed by atoms with E-state index in [1.54, 1.807) is 7.11 Å². The number of H-pyrrole nitrogens is 1. The molecule has 7 heteroatoms. The highest BCUT2D eigenvalue weighted by atomic mass is 16.5. The summed E-state index contributed by atoms with van der Waals surface area (Å²) in [6.07, 6.45) is 3.13. The van der Waals surface area contributed by atoms with Gasteiger partial charge in [0.15, 0.2) is 0 Å². The lowest BCUT2D eigenvalue weighted by Gasteiger charge is -2.06. The first-order valence-electron chi connectivity index (χ1n) is 8.53. The highest BCUT2D eigenvalue weighted by molar-refractivity contribution is 5.88. The van der Waals surface area contributed by atoms with Crippen LogP contribution in [-0.4, -0.2) is 36.4 Å². The van der Waals surface area contributed by atoms with Crippen LogP contribution in [0.15, 0.2) is 29.3 Å². The van der Waals surface area contributed by atoms with E-state index in [1.165, 1.54) is 18.4 Å². The molecule has 1 aromatic carbocycles. The molecule has 2 aliphatic rings. The minimum absolute atomic E-state index is 0.229. The maximum atomic E-state index is 12.0. The van der Waals surface area contributed by atoms with Crippen LogP contribution in [0.1, 0.15) is 30.9 Å². The van der Waals surface area contributed by atoms with E-state index in [0.29, 0.717) is 24.8 Å². The van der Waals surface area contributed by atoms with E-state index in [1.807, 2.05) is 24.3 Å². The van der Waals surface area contributed by atoms with Gasteiger partial charge in [0.1, 0.15) is 11.6 Å². The van der Waals surface area contributed by atoms with Gasteiger partial charge in [-0.25, -0.2) is 4.79 Å². The average molecular weight is 339 g/mol. The molecule has 1 saturated carbocycles. The van der Waals surface area contributed by atoms with Crippen LogP contribution in [0.4, 0.5) is 10.6 Å². The second kappa shape index (κ2) is 6.58. The maximum absolute atomic E-state index is 12.0. The standard InChI is InChI=1S/C18H21N5O2/c1-25-13-4-5-15-14(8-13)12(10-20-15)6-7-19-18(24)21-17-9-16(22-23-17)11-2-3-11/h4-5,8-9,11H,2-3,6-7,10H2,1H3,(H3,19,21,22,23,24). The third-order valence-electron chi connectivity index (χ3n) is 4.58. The molecule has 7 nitrogen and oxygen atoms in total. The van der Waals surface area contributed by atoms with Crippen LogP contribution in [0.3, 0.4) is 0 Å². The average Bonchev–Trinajstić information content (AvgIpc) is 3.24. The zero-order chi connectivity index (χ0) is 17.2. The Balaban J connectivity index is 1.32. The molecule has 0 radical (unpaired) electrons. The number of hydrogen-bond acceptors (Lipinski definition) is 4. The van der Waals surface area contributed by atoms with Crippen molar-refractivity contribution < 1.29 is 9.53 Å². The van der Waals surface area contributed by atoms with Crippen molar-refractivity contribution in [3.05, 3.63) is 40.5 Å². The van der Waals surface area contributed by atoms with Crippen molar-refractivity contribution in [1.82, 2.24) is 15.5 Å². The lowest BCUT2D eigenvalue weighted by molar-refractivity contribution is 0.252. The lowest BCUT2D eigenvalue weighted by atomic mass is 10.1. The summed E-state index contributed by atoms with van der Waals surface area (Å²) in [7, 11) is 1.66. The third-order valence-corrected chi connectivity index (χ3v) is 4.58. The number of urea groups is 1. The van der Waals surface area contributed by atoms with Crippen molar-refractivity contribution in [1.29, 1.82) is 0 Å². The quantitative estimate of drug-likeness (QED) is 0.741. The van der Waals surface area contributed by atoms with Gasteiger partial charge in [-0.15, -0.1) is 0 Å².